The van der Waals surface area contributed by atoms with Crippen LogP contribution in [0.3, 0.4) is 0 Å². The van der Waals surface area contributed by atoms with Gasteiger partial charge in [-0.2, -0.15) is 0 Å². The second-order valence-corrected chi connectivity index (χ2v) is 20.9. The van der Waals surface area contributed by atoms with Crippen LogP contribution in [0.4, 0.5) is 15.3 Å². The molecule has 0 N–H and O–H groups in total. The number of benzene rings is 1. The van der Waals surface area contributed by atoms with Gasteiger partial charge in [0.05, 0.1) is 35.3 Å². The van der Waals surface area contributed by atoms with E-state index in [1.807, 2.05) is 4.90 Å². The number of carbonyl (C=O) groups excluding carboxylic acids is 2. The van der Waals surface area contributed by atoms with E-state index < -0.39 is 28.9 Å². The van der Waals surface area contributed by atoms with Crippen LogP contribution in [0.2, 0.25) is 0 Å². The predicted molar refractivity (Wildman–Crippen MR) is 260 cm³/mol. The average molecular weight is 998 g/mol. The van der Waals surface area contributed by atoms with Gasteiger partial charge >= 0.3 is 12.2 Å². The second kappa shape index (κ2) is 24.4. The van der Waals surface area contributed by atoms with E-state index >= 15 is 0 Å². The van der Waals surface area contributed by atoms with Crippen molar-refractivity contribution in [2.75, 3.05) is 45.9 Å². The number of rotatable bonds is 12. The van der Waals surface area contributed by atoms with Gasteiger partial charge in [-0.1, -0.05) is 91.5 Å². The molecule has 0 bridgehead atoms. The molecule has 9 rings (SSSR count). The van der Waals surface area contributed by atoms with E-state index in [-0.39, 0.29) is 83.4 Å². The maximum Gasteiger partial charge on any atom is 0.514 e. The molecule has 384 valence electrons. The minimum atomic E-state index is -0.879. The first kappa shape index (κ1) is 55.9. The van der Waals surface area contributed by atoms with Crippen LogP contribution >= 0.6 is 23.2 Å². The van der Waals surface area contributed by atoms with E-state index in [9.17, 15) is 19.7 Å². The Hall–Kier alpha value is -3.02. The monoisotopic (exact) mass is 996 g/mol. The first-order valence-corrected chi connectivity index (χ1v) is 25.3. The van der Waals surface area contributed by atoms with Crippen LogP contribution in [0.25, 0.3) is 0 Å². The summed E-state index contributed by atoms with van der Waals surface area (Å²) in [4.78, 5) is 37.0. The molecule has 12 atom stereocenters. The van der Waals surface area contributed by atoms with Gasteiger partial charge in [-0.25, -0.2) is 9.59 Å². The third-order valence-electron chi connectivity index (χ3n) is 14.5. The first-order chi connectivity index (χ1) is 32.0. The van der Waals surface area contributed by atoms with Crippen LogP contribution in [-0.4, -0.2) is 127 Å². The quantitative estimate of drug-likeness (QED) is 0.0368. The van der Waals surface area contributed by atoms with Crippen LogP contribution in [0.15, 0.2) is 48.6 Å². The van der Waals surface area contributed by atoms with Crippen LogP contribution in [0.1, 0.15) is 120 Å². The van der Waals surface area contributed by atoms with E-state index in [0.29, 0.717) is 24.9 Å². The molecule has 3 saturated carbocycles. The highest BCUT2D eigenvalue weighted by molar-refractivity contribution is 6.40. The van der Waals surface area contributed by atoms with Crippen molar-refractivity contribution in [1.29, 1.82) is 0 Å². The molecular weight excluding hydrogens is 919 g/mol. The Morgan fingerprint density at radius 2 is 1.18 bits per heavy atom. The van der Waals surface area contributed by atoms with Crippen molar-refractivity contribution >= 4 is 41.1 Å². The van der Waals surface area contributed by atoms with Gasteiger partial charge in [0.15, 0.2) is 0 Å². The van der Waals surface area contributed by atoms with Crippen molar-refractivity contribution in [3.63, 3.8) is 0 Å². The lowest BCUT2D eigenvalue weighted by molar-refractivity contribution is -0.384. The Kier molecular flexibility index (Phi) is 20.1. The number of nitro groups is 1. The van der Waals surface area contributed by atoms with Crippen LogP contribution < -0.4 is 4.74 Å². The van der Waals surface area contributed by atoms with E-state index in [2.05, 4.69) is 65.8 Å². The normalized spacial score (nSPS) is 36.2. The molecule has 1 amide bonds. The minimum Gasteiger partial charge on any atom is -0.443 e. The fraction of sp³-hybridized carbons (Fsp3) is 0.765. The fourth-order valence-corrected chi connectivity index (χ4v) is 10.8. The van der Waals surface area contributed by atoms with Crippen molar-refractivity contribution in [2.24, 2.45) is 23.7 Å². The van der Waals surface area contributed by atoms with Gasteiger partial charge in [-0.05, 0) is 76.3 Å². The van der Waals surface area contributed by atoms with E-state index in [0.717, 1.165) is 51.8 Å². The summed E-state index contributed by atoms with van der Waals surface area (Å²) in [7, 11) is 3.31. The highest BCUT2D eigenvalue weighted by Crippen LogP contribution is 2.60. The molecule has 2 spiro atoms. The summed E-state index contributed by atoms with van der Waals surface area (Å²) in [6, 6.07) is 5.24. The zero-order valence-electron chi connectivity index (χ0n) is 40.7. The van der Waals surface area contributed by atoms with Crippen molar-refractivity contribution in [3.8, 4) is 5.75 Å². The smallest absolute Gasteiger partial charge is 0.443 e. The SMILES string of the molecule is C.C1CCCC1.CO[C@H]1C([C@]2(C)O[C@@H]2/C=C/C(C)C)[C@]2(CC[C@H]1OC(=O)N1CCCC1)CO2.CO[C@H]1C([C@]2(C)O[C@@H]2/C=C/C(C)C)[C@]2(CC[C@H]1OC(=O)Oc1ccc([N+](=O)[O-])cc1)CO2.ClCCl. The van der Waals surface area contributed by atoms with Crippen molar-refractivity contribution in [1.82, 2.24) is 4.90 Å². The van der Waals surface area contributed by atoms with Gasteiger partial charge < -0.3 is 47.5 Å². The molecule has 3 aliphatic carbocycles. The van der Waals surface area contributed by atoms with Gasteiger partial charge in [0.25, 0.3) is 5.69 Å². The zero-order chi connectivity index (χ0) is 48.6. The number of methoxy groups -OCH3 is 2. The molecule has 8 aliphatic rings. The van der Waals surface area contributed by atoms with Gasteiger partial charge in [0, 0.05) is 39.4 Å². The largest absolute Gasteiger partial charge is 0.514 e. The number of likely N-dealkylation sites (tertiary alicyclic amines) is 1. The van der Waals surface area contributed by atoms with Gasteiger partial charge in [0.1, 0.15) is 64.8 Å². The number of carbonyl (C=O) groups is 2. The Balaban J connectivity index is 0.000000218. The number of nitro benzene ring substituents is 1. The van der Waals surface area contributed by atoms with Crippen LogP contribution in [0.5, 0.6) is 5.75 Å². The third kappa shape index (κ3) is 13.7. The summed E-state index contributed by atoms with van der Waals surface area (Å²) in [5, 5.41) is 11.0. The predicted octanol–water partition coefficient (Wildman–Crippen LogP) is 11.2. The Morgan fingerprint density at radius 3 is 1.54 bits per heavy atom. The standard InChI is InChI=1S/C23H29NO8.C21H33NO5.C5H10.CH2Cl2.CH4/c1-14(2)5-10-18-22(3,32-18)20-19(28-4)17(11-12-23(20)13-29-23)31-21(25)30-16-8-6-15(7-9-16)24(26)27;1-14(2)7-8-16-20(3,27-16)18-17(24-4)15(9-10-21(18)13-25-21)26-19(23)22-11-5-6-12-22;1-2-4-5-3-1;2-1-3;/h5-10,14,17-20H,11-13H2,1-4H3;7-8,14-18H,5-6,9-13H2,1-4H3;1-5H2;1H2;1H4/b10-5+;8-7+;;;/t17-,18-,19-,20?,22-,23+;15-,16-,17-,18?,20-,21+;;;/m11.../s1. The zero-order valence-corrected chi connectivity index (χ0v) is 42.2. The van der Waals surface area contributed by atoms with Crippen LogP contribution in [-0.2, 0) is 37.9 Å². The summed E-state index contributed by atoms with van der Waals surface area (Å²) in [5.41, 5.74) is -1.40. The molecule has 0 aromatic heterocycles. The van der Waals surface area contributed by atoms with Crippen molar-refractivity contribution in [3.05, 3.63) is 58.7 Å². The Labute approximate surface area is 414 Å². The highest BCUT2D eigenvalue weighted by atomic mass is 35.5. The molecule has 0 radical (unpaired) electrons. The first-order valence-electron chi connectivity index (χ1n) is 24.3. The molecule has 5 saturated heterocycles. The molecule has 15 nitrogen and oxygen atoms in total. The lowest BCUT2D eigenvalue weighted by Gasteiger charge is -2.42. The van der Waals surface area contributed by atoms with Crippen LogP contribution in [0, 0.1) is 33.8 Å². The minimum absolute atomic E-state index is 0. The Morgan fingerprint density at radius 1 is 0.765 bits per heavy atom. The van der Waals surface area contributed by atoms with E-state index in [1.165, 1.54) is 56.4 Å². The third-order valence-corrected chi connectivity index (χ3v) is 14.5. The molecule has 68 heavy (non-hydrogen) atoms. The lowest BCUT2D eigenvalue weighted by Crippen LogP contribution is -2.56. The summed E-state index contributed by atoms with van der Waals surface area (Å²) in [6.07, 6.45) is 18.7. The van der Waals surface area contributed by atoms with Gasteiger partial charge in [-0.3, -0.25) is 10.1 Å². The highest BCUT2D eigenvalue weighted by Gasteiger charge is 2.73. The maximum atomic E-state index is 12.5. The van der Waals surface area contributed by atoms with E-state index in [1.54, 1.807) is 14.2 Å². The molecular formula is C51H78Cl2N2O13. The van der Waals surface area contributed by atoms with Crippen molar-refractivity contribution < 1.29 is 57.1 Å². The number of halogens is 2. The summed E-state index contributed by atoms with van der Waals surface area (Å²) >= 11 is 9.53. The van der Waals surface area contributed by atoms with Gasteiger partial charge in [-0.15, -0.1) is 23.2 Å². The molecule has 1 aromatic carbocycles. The molecule has 8 fully saturated rings. The number of allylic oxidation sites excluding steroid dienone is 2. The molecule has 1 aromatic rings. The summed E-state index contributed by atoms with van der Waals surface area (Å²) < 4.78 is 52.6. The average Bonchev–Trinajstić information content (AvgIpc) is 4.28. The summed E-state index contributed by atoms with van der Waals surface area (Å²) in [6.45, 7) is 15.7. The second-order valence-electron chi connectivity index (χ2n) is 20.1. The van der Waals surface area contributed by atoms with Crippen molar-refractivity contribution in [2.45, 2.75) is 179 Å². The number of ether oxygens (including phenoxy) is 9. The maximum absolute atomic E-state index is 12.5. The lowest BCUT2D eigenvalue weighted by atomic mass is 9.68. The number of nitrogens with zero attached hydrogens (tertiary/aromatic N) is 2. The topological polar surface area (TPSA) is 177 Å². The summed E-state index contributed by atoms with van der Waals surface area (Å²) in [5.74, 6) is 1.03. The molecule has 5 aliphatic heterocycles. The number of alkyl halides is 2. The number of hydrogen-bond donors (Lipinski definition) is 0. The number of non-ortho nitro benzene ring substituents is 1. The Bertz CT molecular complexity index is 1840. The molecule has 17 heteroatoms. The molecule has 5 heterocycles. The number of amides is 1. The number of epoxide rings is 4. The van der Waals surface area contributed by atoms with Gasteiger partial charge in [0.2, 0.25) is 0 Å². The van der Waals surface area contributed by atoms with E-state index in [4.69, 9.17) is 65.8 Å². The number of hydrogen-bond acceptors (Lipinski definition) is 13. The fourth-order valence-electron chi connectivity index (χ4n) is 10.8. The molecule has 2 unspecified atom stereocenters.